The minimum absolute atomic E-state index is 0.0442. The Balaban J connectivity index is 2.19. The predicted octanol–water partition coefficient (Wildman–Crippen LogP) is 2.59. The van der Waals surface area contributed by atoms with E-state index in [0.717, 1.165) is 5.56 Å². The van der Waals surface area contributed by atoms with Crippen LogP contribution in [0.25, 0.3) is 6.08 Å². The Morgan fingerprint density at radius 1 is 0.926 bits per heavy atom. The molecule has 0 fully saturated rings. The van der Waals surface area contributed by atoms with Gasteiger partial charge in [0, 0.05) is 14.2 Å². The molecular weight excluding hydrogens is 352 g/mol. The van der Waals surface area contributed by atoms with Gasteiger partial charge in [0.25, 0.3) is 0 Å². The van der Waals surface area contributed by atoms with Crippen LogP contribution >= 0.6 is 0 Å². The maximum absolute atomic E-state index is 10.2. The number of hydrogen-bond donors (Lipinski definition) is 4. The van der Waals surface area contributed by atoms with Gasteiger partial charge in [-0.3, -0.25) is 0 Å². The number of rotatable bonds is 9. The third-order valence-corrected chi connectivity index (χ3v) is 3.80. The summed E-state index contributed by atoms with van der Waals surface area (Å²) in [7, 11) is 3.00. The van der Waals surface area contributed by atoms with Gasteiger partial charge in [-0.1, -0.05) is 24.3 Å². The van der Waals surface area contributed by atoms with Crippen molar-refractivity contribution in [2.24, 2.45) is 0 Å². The van der Waals surface area contributed by atoms with E-state index in [0.29, 0.717) is 12.2 Å². The maximum atomic E-state index is 10.2. The summed E-state index contributed by atoms with van der Waals surface area (Å²) >= 11 is 0. The van der Waals surface area contributed by atoms with E-state index >= 15 is 0 Å². The molecule has 2 unspecified atom stereocenters. The van der Waals surface area contributed by atoms with E-state index in [1.54, 1.807) is 19.2 Å². The van der Waals surface area contributed by atoms with Gasteiger partial charge in [-0.15, -0.1) is 0 Å². The molecule has 0 bridgehead atoms. The third-order valence-electron chi connectivity index (χ3n) is 3.80. The van der Waals surface area contributed by atoms with Crippen molar-refractivity contribution in [3.05, 3.63) is 53.6 Å². The Morgan fingerprint density at radius 3 is 2.37 bits per heavy atom. The second kappa shape index (κ2) is 9.94. The van der Waals surface area contributed by atoms with E-state index in [-0.39, 0.29) is 29.6 Å². The van der Waals surface area contributed by atoms with Crippen molar-refractivity contribution < 1.29 is 34.6 Å². The van der Waals surface area contributed by atoms with Gasteiger partial charge in [-0.25, -0.2) is 0 Å². The summed E-state index contributed by atoms with van der Waals surface area (Å²) < 4.78 is 15.3. The lowest BCUT2D eigenvalue weighted by Crippen LogP contribution is -2.23. The number of benzene rings is 2. The van der Waals surface area contributed by atoms with Gasteiger partial charge in [-0.2, -0.15) is 0 Å². The van der Waals surface area contributed by atoms with Crippen molar-refractivity contribution >= 4 is 6.08 Å². The molecule has 146 valence electrons. The highest BCUT2D eigenvalue weighted by molar-refractivity contribution is 5.57. The zero-order valence-electron chi connectivity index (χ0n) is 15.2. The van der Waals surface area contributed by atoms with Crippen LogP contribution in [-0.2, 0) is 9.47 Å². The Kier molecular flexibility index (Phi) is 7.63. The fraction of sp³-hybridized carbons (Fsp3) is 0.300. The summed E-state index contributed by atoms with van der Waals surface area (Å²) in [6, 6.07) is 9.06. The molecule has 0 saturated carbocycles. The van der Waals surface area contributed by atoms with Gasteiger partial charge in [0.15, 0.2) is 23.0 Å². The highest BCUT2D eigenvalue weighted by Crippen LogP contribution is 2.37. The summed E-state index contributed by atoms with van der Waals surface area (Å²) in [5, 5.41) is 40.0. The number of phenols is 2. The summed E-state index contributed by atoms with van der Waals surface area (Å²) in [5.41, 5.74) is 1.10. The topological polar surface area (TPSA) is 109 Å². The fourth-order valence-corrected chi connectivity index (χ4v) is 2.40. The van der Waals surface area contributed by atoms with Gasteiger partial charge in [-0.05, 0) is 35.4 Å². The number of hydrogen-bond acceptors (Lipinski definition) is 7. The van der Waals surface area contributed by atoms with E-state index in [2.05, 4.69) is 0 Å². The first-order valence-corrected chi connectivity index (χ1v) is 8.30. The second-order valence-corrected chi connectivity index (χ2v) is 5.88. The normalized spacial score (nSPS) is 13.6. The molecule has 0 aromatic heterocycles. The predicted molar refractivity (Wildman–Crippen MR) is 100 cm³/mol. The average Bonchev–Trinajstić information content (AvgIpc) is 2.65. The van der Waals surface area contributed by atoms with Crippen molar-refractivity contribution in [2.45, 2.75) is 12.2 Å². The Morgan fingerprint density at radius 2 is 1.70 bits per heavy atom. The molecule has 7 heteroatoms. The first-order chi connectivity index (χ1) is 13.0. The number of ether oxygens (including phenoxy) is 3. The summed E-state index contributed by atoms with van der Waals surface area (Å²) in [5.74, 6) is -0.0631. The summed E-state index contributed by atoms with van der Waals surface area (Å²) in [4.78, 5) is 0. The van der Waals surface area contributed by atoms with Crippen molar-refractivity contribution in [1.82, 2.24) is 0 Å². The van der Waals surface area contributed by atoms with E-state index in [4.69, 9.17) is 14.2 Å². The van der Waals surface area contributed by atoms with Gasteiger partial charge in [0.05, 0.1) is 13.2 Å². The first-order valence-electron chi connectivity index (χ1n) is 8.30. The Labute approximate surface area is 157 Å². The highest BCUT2D eigenvalue weighted by Gasteiger charge is 2.20. The van der Waals surface area contributed by atoms with Crippen molar-refractivity contribution in [3.8, 4) is 23.0 Å². The van der Waals surface area contributed by atoms with E-state index < -0.39 is 12.2 Å². The largest absolute Gasteiger partial charge is 0.504 e. The van der Waals surface area contributed by atoms with Gasteiger partial charge >= 0.3 is 0 Å². The molecule has 0 aliphatic carbocycles. The molecule has 7 nitrogen and oxygen atoms in total. The maximum Gasteiger partial charge on any atom is 0.169 e. The van der Waals surface area contributed by atoms with Crippen LogP contribution < -0.4 is 4.74 Å². The molecule has 0 aliphatic rings. The zero-order chi connectivity index (χ0) is 19.8. The van der Waals surface area contributed by atoms with Gasteiger partial charge in [0.2, 0.25) is 0 Å². The van der Waals surface area contributed by atoms with Crippen LogP contribution in [-0.4, -0.2) is 54.0 Å². The lowest BCUT2D eigenvalue weighted by atomic mass is 10.0. The smallest absolute Gasteiger partial charge is 0.169 e. The van der Waals surface area contributed by atoms with Crippen molar-refractivity contribution in [1.29, 1.82) is 0 Å². The quantitative estimate of drug-likeness (QED) is 0.533. The minimum Gasteiger partial charge on any atom is -0.504 e. The molecule has 0 aliphatic heterocycles. The van der Waals surface area contributed by atoms with Crippen LogP contribution in [0.15, 0.2) is 42.5 Å². The lowest BCUT2D eigenvalue weighted by molar-refractivity contribution is -0.0273. The van der Waals surface area contributed by atoms with Gasteiger partial charge < -0.3 is 34.6 Å². The van der Waals surface area contributed by atoms with E-state index in [9.17, 15) is 20.4 Å². The number of methoxy groups -OCH3 is 2. The molecule has 4 N–H and O–H groups in total. The van der Waals surface area contributed by atoms with Crippen LogP contribution in [0.5, 0.6) is 23.0 Å². The van der Waals surface area contributed by atoms with Crippen LogP contribution in [0.4, 0.5) is 0 Å². The molecule has 27 heavy (non-hydrogen) atoms. The molecule has 0 radical (unpaired) electrons. The number of phenolic OH excluding ortho intramolecular Hbond substituents is 2. The van der Waals surface area contributed by atoms with Gasteiger partial charge in [0.1, 0.15) is 12.2 Å². The Bertz CT molecular complexity index is 773. The zero-order valence-corrected chi connectivity index (χ0v) is 15.2. The van der Waals surface area contributed by atoms with Crippen molar-refractivity contribution in [3.63, 3.8) is 0 Å². The van der Waals surface area contributed by atoms with E-state index in [1.807, 2.05) is 12.2 Å². The minimum atomic E-state index is -1.22. The van der Waals surface area contributed by atoms with Crippen LogP contribution in [0, 0.1) is 0 Å². The first kappa shape index (κ1) is 20.7. The SMILES string of the molecule is COC/C=C/c1ccc(O)c(Oc2ccc(C(O)C(O)COC)cc2O)c1. The molecule has 2 aromatic rings. The van der Waals surface area contributed by atoms with Crippen LogP contribution in [0.1, 0.15) is 17.2 Å². The average molecular weight is 376 g/mol. The molecule has 2 atom stereocenters. The fourth-order valence-electron chi connectivity index (χ4n) is 2.40. The third kappa shape index (κ3) is 5.70. The molecule has 0 saturated heterocycles. The number of aliphatic hydroxyl groups excluding tert-OH is 2. The Hall–Kier alpha value is -2.58. The highest BCUT2D eigenvalue weighted by atomic mass is 16.5. The molecule has 2 aromatic carbocycles. The molecule has 2 rings (SSSR count). The number of aliphatic hydroxyl groups is 2. The van der Waals surface area contributed by atoms with Crippen LogP contribution in [0.3, 0.4) is 0 Å². The van der Waals surface area contributed by atoms with Crippen molar-refractivity contribution in [2.75, 3.05) is 27.4 Å². The van der Waals surface area contributed by atoms with Crippen LogP contribution in [0.2, 0.25) is 0 Å². The standard InChI is InChI=1S/C20H24O7/c1-25-9-3-4-13-5-7-15(21)19(10-13)27-18-8-6-14(11-16(18)22)20(24)17(23)12-26-2/h3-8,10-11,17,20-24H,9,12H2,1-2H3/b4-3+. The second-order valence-electron chi connectivity index (χ2n) is 5.88. The molecule has 0 heterocycles. The van der Waals surface area contributed by atoms with E-state index in [1.165, 1.54) is 31.4 Å². The molecule has 0 spiro atoms. The summed E-state index contributed by atoms with van der Waals surface area (Å²) in [6.45, 7) is 0.411. The summed E-state index contributed by atoms with van der Waals surface area (Å²) in [6.07, 6.45) is 1.29. The molecular formula is C20H24O7. The monoisotopic (exact) mass is 376 g/mol. The number of aromatic hydroxyl groups is 2. The lowest BCUT2D eigenvalue weighted by Gasteiger charge is -2.18. The molecule has 0 amide bonds.